The molecule has 5 heterocycles. The molecule has 1 atom stereocenters. The minimum absolute atomic E-state index is 0.0765. The van der Waals surface area contributed by atoms with Gasteiger partial charge >= 0.3 is 0 Å². The zero-order chi connectivity index (χ0) is 32.5. The third kappa shape index (κ3) is 6.08. The van der Waals surface area contributed by atoms with E-state index < -0.39 is 29.7 Å². The van der Waals surface area contributed by atoms with Gasteiger partial charge in [-0.15, -0.1) is 0 Å². The van der Waals surface area contributed by atoms with Gasteiger partial charge in [-0.1, -0.05) is 12.1 Å². The number of piperidine rings is 2. The van der Waals surface area contributed by atoms with Gasteiger partial charge in [0.25, 0.3) is 11.8 Å². The second kappa shape index (κ2) is 12.7. The molecule has 0 bridgehead atoms. The van der Waals surface area contributed by atoms with Gasteiger partial charge in [0.1, 0.15) is 6.04 Å². The number of amides is 5. The third-order valence-corrected chi connectivity index (χ3v) is 9.12. The molecule has 2 aromatic heterocycles. The SMILES string of the molecule is O=C1CCC(N2C(=O)c3ccc(NCCCCC(=O)N4CCC(n5cc(-c6cnc7ccccc7n6)cn5)CC4)cc3C2=O)C(=O)N1. The van der Waals surface area contributed by atoms with Gasteiger partial charge in [-0.3, -0.25) is 43.9 Å². The highest BCUT2D eigenvalue weighted by Gasteiger charge is 2.44. The largest absolute Gasteiger partial charge is 0.385 e. The maximum atomic E-state index is 13.0. The lowest BCUT2D eigenvalue weighted by molar-refractivity contribution is -0.136. The summed E-state index contributed by atoms with van der Waals surface area (Å²) in [5.74, 6) is -1.96. The Kier molecular flexibility index (Phi) is 8.19. The summed E-state index contributed by atoms with van der Waals surface area (Å²) >= 11 is 0. The topological polar surface area (TPSA) is 159 Å². The van der Waals surface area contributed by atoms with Crippen LogP contribution in [0.2, 0.25) is 0 Å². The highest BCUT2D eigenvalue weighted by molar-refractivity contribution is 6.23. The average molecular weight is 635 g/mol. The molecular weight excluding hydrogens is 600 g/mol. The molecule has 0 spiro atoms. The van der Waals surface area contributed by atoms with Gasteiger partial charge in [-0.05, 0) is 62.4 Å². The van der Waals surface area contributed by atoms with Crippen molar-refractivity contribution in [2.24, 2.45) is 0 Å². The van der Waals surface area contributed by atoms with Crippen LogP contribution in [0.3, 0.4) is 0 Å². The van der Waals surface area contributed by atoms with E-state index in [1.165, 1.54) is 0 Å². The average Bonchev–Trinajstić information content (AvgIpc) is 3.67. The summed E-state index contributed by atoms with van der Waals surface area (Å²) in [6.45, 7) is 1.96. The fourth-order valence-corrected chi connectivity index (χ4v) is 6.52. The van der Waals surface area contributed by atoms with Crippen LogP contribution < -0.4 is 10.6 Å². The first kappa shape index (κ1) is 30.2. The van der Waals surface area contributed by atoms with E-state index in [2.05, 4.69) is 20.7 Å². The van der Waals surface area contributed by atoms with Crippen molar-refractivity contribution in [3.05, 3.63) is 72.2 Å². The summed E-state index contributed by atoms with van der Waals surface area (Å²) < 4.78 is 1.98. The maximum absolute atomic E-state index is 13.0. The van der Waals surface area contributed by atoms with E-state index in [-0.39, 0.29) is 35.9 Å². The Bertz CT molecular complexity index is 1900. The van der Waals surface area contributed by atoms with Gasteiger partial charge in [-0.25, -0.2) is 4.98 Å². The number of hydrogen-bond donors (Lipinski definition) is 2. The van der Waals surface area contributed by atoms with Crippen LogP contribution in [0, 0.1) is 0 Å². The molecule has 7 rings (SSSR count). The standard InChI is InChI=1S/C34H34N8O5/c43-30-11-10-29(32(45)39-30)42-33(46)24-9-8-22(17-25(24)34(42)47)35-14-4-3-7-31(44)40-15-12-23(13-16-40)41-20-21(18-37-41)28-19-36-26-5-1-2-6-27(26)38-28/h1-2,5-6,8-9,17-20,23,29,35H,3-4,7,10-16H2,(H,39,43,45). The number of imide groups is 2. The zero-order valence-electron chi connectivity index (χ0n) is 25.7. The summed E-state index contributed by atoms with van der Waals surface area (Å²) in [4.78, 5) is 74.7. The number of nitrogens with zero attached hydrogens (tertiary/aromatic N) is 6. The summed E-state index contributed by atoms with van der Waals surface area (Å²) in [5.41, 5.74) is 4.56. The number of rotatable bonds is 9. The molecule has 4 aromatic rings. The highest BCUT2D eigenvalue weighted by atomic mass is 16.2. The predicted octanol–water partition coefficient (Wildman–Crippen LogP) is 3.34. The van der Waals surface area contributed by atoms with Crippen LogP contribution in [0.4, 0.5) is 5.69 Å². The van der Waals surface area contributed by atoms with Crippen molar-refractivity contribution in [3.8, 4) is 11.3 Å². The van der Waals surface area contributed by atoms with E-state index in [0.717, 1.165) is 46.5 Å². The summed E-state index contributed by atoms with van der Waals surface area (Å²) in [6.07, 6.45) is 9.38. The molecule has 13 nitrogen and oxygen atoms in total. The summed E-state index contributed by atoms with van der Waals surface area (Å²) in [6, 6.07) is 11.9. The van der Waals surface area contributed by atoms with Crippen molar-refractivity contribution >= 4 is 46.3 Å². The molecule has 0 aliphatic carbocycles. The van der Waals surface area contributed by atoms with Gasteiger partial charge in [0, 0.05) is 49.9 Å². The van der Waals surface area contributed by atoms with Gasteiger partial charge in [0.15, 0.2) is 0 Å². The minimum Gasteiger partial charge on any atom is -0.385 e. The normalized spacial score (nSPS) is 18.5. The molecule has 240 valence electrons. The Balaban J connectivity index is 0.848. The molecule has 0 radical (unpaired) electrons. The van der Waals surface area contributed by atoms with E-state index in [4.69, 9.17) is 4.98 Å². The first-order valence-electron chi connectivity index (χ1n) is 16.0. The van der Waals surface area contributed by atoms with Crippen molar-refractivity contribution in [2.75, 3.05) is 25.0 Å². The second-order valence-corrected chi connectivity index (χ2v) is 12.2. The summed E-state index contributed by atoms with van der Waals surface area (Å²) in [7, 11) is 0. The quantitative estimate of drug-likeness (QED) is 0.208. The fraction of sp³-hybridized carbons (Fsp3) is 0.353. The molecule has 0 saturated carbocycles. The lowest BCUT2D eigenvalue weighted by Gasteiger charge is -2.32. The first-order chi connectivity index (χ1) is 22.9. The van der Waals surface area contributed by atoms with Gasteiger partial charge in [0.2, 0.25) is 17.7 Å². The van der Waals surface area contributed by atoms with Crippen LogP contribution >= 0.6 is 0 Å². The Morgan fingerprint density at radius 3 is 2.51 bits per heavy atom. The van der Waals surface area contributed by atoms with Gasteiger partial charge < -0.3 is 10.2 Å². The number of carbonyl (C=O) groups is 5. The van der Waals surface area contributed by atoms with Crippen LogP contribution in [0.15, 0.2) is 61.1 Å². The lowest BCUT2D eigenvalue weighted by Crippen LogP contribution is -2.54. The minimum atomic E-state index is -0.991. The number of fused-ring (bicyclic) bond motifs is 2. The van der Waals surface area contributed by atoms with E-state index in [9.17, 15) is 24.0 Å². The fourth-order valence-electron chi connectivity index (χ4n) is 6.52. The van der Waals surface area contributed by atoms with Crippen molar-refractivity contribution in [2.45, 2.75) is 57.0 Å². The van der Waals surface area contributed by atoms with E-state index in [1.54, 1.807) is 24.4 Å². The molecule has 2 aromatic carbocycles. The number of hydrogen-bond acceptors (Lipinski definition) is 9. The first-order valence-corrected chi connectivity index (χ1v) is 16.0. The number of unbranched alkanes of at least 4 members (excludes halogenated alkanes) is 1. The smallest absolute Gasteiger partial charge is 0.262 e. The Labute approximate surface area is 270 Å². The number of benzene rings is 2. The maximum Gasteiger partial charge on any atom is 0.262 e. The molecule has 3 aliphatic heterocycles. The number of likely N-dealkylation sites (tertiary alicyclic amines) is 1. The van der Waals surface area contributed by atoms with Crippen molar-refractivity contribution in [3.63, 3.8) is 0 Å². The van der Waals surface area contributed by atoms with Crippen LogP contribution in [0.25, 0.3) is 22.3 Å². The van der Waals surface area contributed by atoms with Gasteiger partial charge in [0.05, 0.1) is 46.3 Å². The number of anilines is 1. The lowest BCUT2D eigenvalue weighted by atomic mass is 10.0. The number of para-hydroxylation sites is 2. The van der Waals surface area contributed by atoms with Gasteiger partial charge in [-0.2, -0.15) is 5.10 Å². The van der Waals surface area contributed by atoms with Crippen LogP contribution in [-0.4, -0.2) is 84.8 Å². The molecule has 47 heavy (non-hydrogen) atoms. The molecule has 1 unspecified atom stereocenters. The highest BCUT2D eigenvalue weighted by Crippen LogP contribution is 2.30. The van der Waals surface area contributed by atoms with Crippen molar-refractivity contribution in [1.29, 1.82) is 0 Å². The van der Waals surface area contributed by atoms with E-state index >= 15 is 0 Å². The van der Waals surface area contributed by atoms with Crippen molar-refractivity contribution < 1.29 is 24.0 Å². The Morgan fingerprint density at radius 2 is 1.70 bits per heavy atom. The molecule has 2 N–H and O–H groups in total. The Hall–Kier alpha value is -5.46. The number of carbonyl (C=O) groups excluding carboxylic acids is 5. The monoisotopic (exact) mass is 634 g/mol. The van der Waals surface area contributed by atoms with Crippen LogP contribution in [0.5, 0.6) is 0 Å². The summed E-state index contributed by atoms with van der Waals surface area (Å²) in [5, 5.41) is 10.1. The molecule has 2 fully saturated rings. The molecule has 2 saturated heterocycles. The molecule has 5 amide bonds. The van der Waals surface area contributed by atoms with E-state index in [0.29, 0.717) is 38.2 Å². The van der Waals surface area contributed by atoms with E-state index in [1.807, 2.05) is 46.2 Å². The second-order valence-electron chi connectivity index (χ2n) is 12.2. The molecular formula is C34H34N8O5. The van der Waals surface area contributed by atoms with Crippen LogP contribution in [-0.2, 0) is 14.4 Å². The predicted molar refractivity (Wildman–Crippen MR) is 171 cm³/mol. The molecule has 13 heteroatoms. The number of aromatic nitrogens is 4. The zero-order valence-corrected chi connectivity index (χ0v) is 25.7. The van der Waals surface area contributed by atoms with Crippen LogP contribution in [0.1, 0.15) is 71.7 Å². The third-order valence-electron chi connectivity index (χ3n) is 9.12. The molecule has 3 aliphatic rings. The number of nitrogens with one attached hydrogen (secondary N) is 2. The van der Waals surface area contributed by atoms with Crippen molar-refractivity contribution in [1.82, 2.24) is 34.9 Å². The Morgan fingerprint density at radius 1 is 0.915 bits per heavy atom.